The van der Waals surface area contributed by atoms with Crippen LogP contribution in [0.15, 0.2) is 98.9 Å². The van der Waals surface area contributed by atoms with Gasteiger partial charge in [0, 0.05) is 56.7 Å². The molecule has 0 aromatic heterocycles. The maximum absolute atomic E-state index is 4.43. The normalized spacial score (nSPS) is 14.9. The number of nitrogens with zero attached hydrogens (tertiary/aromatic N) is 4. The second-order valence-electron chi connectivity index (χ2n) is 17.1. The summed E-state index contributed by atoms with van der Waals surface area (Å²) in [6, 6.07) is 21.9. The maximum Gasteiger partial charge on any atom is 2.00 e. The molecule has 356 valence electrons. The molecule has 5 aromatic rings. The van der Waals surface area contributed by atoms with E-state index in [1.807, 2.05) is 18.6 Å². The molecule has 5 nitrogen and oxygen atoms in total. The molecule has 10 heteroatoms. The summed E-state index contributed by atoms with van der Waals surface area (Å²) in [6.45, 7) is 2.12. The average molecular weight is 1560 g/mol. The molecule has 1 N–H and O–H groups in total. The van der Waals surface area contributed by atoms with Crippen molar-refractivity contribution in [1.82, 2.24) is 0 Å². The van der Waals surface area contributed by atoms with Gasteiger partial charge in [-0.05, 0) is 178 Å². The van der Waals surface area contributed by atoms with Crippen molar-refractivity contribution < 1.29 is 14.3 Å². The van der Waals surface area contributed by atoms with Crippen LogP contribution in [0, 0.1) is 0 Å². The molecule has 0 radical (unpaired) electrons. The third-order valence-electron chi connectivity index (χ3n) is 13.7. The van der Waals surface area contributed by atoms with Crippen LogP contribution in [0.1, 0.15) is 142 Å². The molecule has 0 fully saturated rings. The summed E-state index contributed by atoms with van der Waals surface area (Å²) >= 11 is 0. The fourth-order valence-corrected chi connectivity index (χ4v) is 10.7. The van der Waals surface area contributed by atoms with Crippen molar-refractivity contribution in [3.8, 4) is 0 Å². The molecule has 5 heterocycles. The Morgan fingerprint density at radius 2 is 1.01 bits per heavy atom. The van der Waals surface area contributed by atoms with Gasteiger partial charge < -0.3 is 19.6 Å². The van der Waals surface area contributed by atoms with Crippen LogP contribution >= 0.6 is 0 Å². The zero-order valence-corrected chi connectivity index (χ0v) is 60.2. The second kappa shape index (κ2) is 33.2. The summed E-state index contributed by atoms with van der Waals surface area (Å²) in [5, 5.41) is 5.98. The van der Waals surface area contributed by atoms with E-state index in [0.29, 0.717) is 0 Å². The number of allylic oxidation sites excluding steroid dienone is 3. The molecule has 5 aliphatic heterocycles. The largest absolute Gasteiger partial charge is 2.00 e. The van der Waals surface area contributed by atoms with Crippen molar-refractivity contribution in [3.63, 3.8) is 0 Å². The van der Waals surface area contributed by atoms with Crippen LogP contribution in [0.25, 0.3) is 24.3 Å². The van der Waals surface area contributed by atoms with Crippen LogP contribution in [0.4, 0.5) is 22.7 Å². The molecular weight excluding hydrogens is 1480 g/mol. The molecule has 10 aliphatic rings. The SMILES string of the molecule is C.C.C.C.C.C1=Cc2c(ccc3c2CC=N3)C1.C1=Cc2c3c(ccc2=C1)=NCC3.C1=Cc2ccc3c(c2C1)CC=N3.C1=Nc2ccc3c(c2C1)CCC3.[Ba+2].[Ba+2].[Ba+2].[Ba+2].[Ba+2].[H-].[H-].[H-].[H-].[H-].[H-].[H-].[H-].[H-].[H-].c1cc2c(c3c1CCC3)CCN2. The van der Waals surface area contributed by atoms with Gasteiger partial charge in [-0.25, -0.2) is 0 Å². The Bertz CT molecular complexity index is 2810. The van der Waals surface area contributed by atoms with Crippen molar-refractivity contribution in [2.75, 3.05) is 18.4 Å². The van der Waals surface area contributed by atoms with Gasteiger partial charge in [0.15, 0.2) is 0 Å². The van der Waals surface area contributed by atoms with Crippen molar-refractivity contribution in [3.05, 3.63) is 167 Å². The van der Waals surface area contributed by atoms with E-state index in [1.165, 1.54) is 128 Å². The summed E-state index contributed by atoms with van der Waals surface area (Å²) < 4.78 is 0. The molecule has 0 saturated carbocycles. The van der Waals surface area contributed by atoms with Crippen LogP contribution in [0.5, 0.6) is 0 Å². The van der Waals surface area contributed by atoms with Gasteiger partial charge >= 0.3 is 244 Å². The Labute approximate surface area is 638 Å². The number of hydrogen-bond donors (Lipinski definition) is 1. The second-order valence-corrected chi connectivity index (χ2v) is 17.1. The number of rotatable bonds is 0. The van der Waals surface area contributed by atoms with E-state index in [0.717, 1.165) is 51.6 Å². The first kappa shape index (κ1) is 69.7. The maximum atomic E-state index is 4.43. The summed E-state index contributed by atoms with van der Waals surface area (Å²) in [7, 11) is 0. The summed E-state index contributed by atoms with van der Waals surface area (Å²) in [4.78, 5) is 17.4. The zero-order valence-electron chi connectivity index (χ0n) is 48.0. The van der Waals surface area contributed by atoms with Crippen molar-refractivity contribution in [2.45, 2.75) is 121 Å². The van der Waals surface area contributed by atoms with E-state index in [-0.39, 0.29) is 296 Å². The number of hydrogen-bond acceptors (Lipinski definition) is 5. The molecule has 0 spiro atoms. The van der Waals surface area contributed by atoms with Crippen LogP contribution < -0.4 is 15.9 Å². The Kier molecular flexibility index (Phi) is 33.0. The quantitative estimate of drug-likeness (QED) is 0.154. The van der Waals surface area contributed by atoms with Gasteiger partial charge in [0.2, 0.25) is 0 Å². The molecule has 0 unspecified atom stereocenters. The molecule has 15 rings (SSSR count). The molecule has 0 bridgehead atoms. The Hall–Kier alpha value is 1.66. The summed E-state index contributed by atoms with van der Waals surface area (Å²) in [5.74, 6) is 0. The number of benzene rings is 5. The fourth-order valence-electron chi connectivity index (χ4n) is 10.7. The van der Waals surface area contributed by atoms with E-state index in [9.17, 15) is 0 Å². The van der Waals surface area contributed by atoms with E-state index >= 15 is 0 Å². The molecule has 5 aliphatic carbocycles. The van der Waals surface area contributed by atoms with Crippen molar-refractivity contribution in [1.29, 1.82) is 0 Å². The molecule has 0 saturated heterocycles. The van der Waals surface area contributed by atoms with Crippen molar-refractivity contribution >= 4 is 310 Å². The van der Waals surface area contributed by atoms with Crippen LogP contribution in [0.2, 0.25) is 0 Å². The first-order valence-corrected chi connectivity index (χ1v) is 22.3. The third kappa shape index (κ3) is 15.3. The Morgan fingerprint density at radius 3 is 1.71 bits per heavy atom. The van der Waals surface area contributed by atoms with Gasteiger partial charge in [-0.15, -0.1) is 0 Å². The monoisotopic (exact) mass is 1560 g/mol. The minimum atomic E-state index is 0. The molecule has 0 atom stereocenters. The average Bonchev–Trinajstić information content (AvgIpc) is 4.11. The van der Waals surface area contributed by atoms with Gasteiger partial charge in [-0.1, -0.05) is 110 Å². The molecular formula is C60H81Ba5N5. The number of fused-ring (bicyclic) bond motifs is 15. The number of anilines is 1. The summed E-state index contributed by atoms with van der Waals surface area (Å²) in [5.41, 5.74) is 26.0. The molecule has 70 heavy (non-hydrogen) atoms. The first-order valence-electron chi connectivity index (χ1n) is 22.3. The predicted molar refractivity (Wildman–Crippen MR) is 326 cm³/mol. The topological polar surface area (TPSA) is 61.5 Å². The standard InChI is InChI=1S/C11H13N.C11H11N.3C11H9N.5CH4.5Ba.10H/c5*1-2-8-4-5-11-10(6-7-12-11)9(8)3-1;;;;;;;;;;;;;;;;;;;;/h4-5,12H,1-3,6-7H2;4-5,7H,1-3,6H2;1,3-5,7H,2,6H2;1-2,4-5,7H,3,6H2;1-5H,6-7H2;5*1H4;;;;;;;;;;;;;;;/q;;;;;;;;;;5*+2;10*-1. The van der Waals surface area contributed by atoms with Crippen LogP contribution in [-0.4, -0.2) is 276 Å². The Morgan fingerprint density at radius 1 is 0.429 bits per heavy atom. The molecule has 0 amide bonds. The number of nitrogens with one attached hydrogen (secondary N) is 1. The minimum Gasteiger partial charge on any atom is -1.00 e. The first-order chi connectivity index (χ1) is 29.7. The zero-order chi connectivity index (χ0) is 39.8. The minimum absolute atomic E-state index is 0. The third-order valence-corrected chi connectivity index (χ3v) is 13.7. The van der Waals surface area contributed by atoms with E-state index in [1.54, 1.807) is 27.8 Å². The van der Waals surface area contributed by atoms with Gasteiger partial charge in [-0.3, -0.25) is 20.0 Å². The number of aliphatic imine (C=N–C) groups is 3. The smallest absolute Gasteiger partial charge is 1.00 e. The van der Waals surface area contributed by atoms with E-state index in [2.05, 4.69) is 128 Å². The summed E-state index contributed by atoms with van der Waals surface area (Å²) in [6.07, 6.45) is 36.9. The van der Waals surface area contributed by atoms with Crippen LogP contribution in [0.3, 0.4) is 0 Å². The van der Waals surface area contributed by atoms with Crippen molar-refractivity contribution in [2.24, 2.45) is 20.0 Å². The van der Waals surface area contributed by atoms with Gasteiger partial charge in [0.1, 0.15) is 0 Å². The van der Waals surface area contributed by atoms with E-state index < -0.39 is 0 Å². The predicted octanol–water partition coefficient (Wildman–Crippen LogP) is 12.7. The van der Waals surface area contributed by atoms with Gasteiger partial charge in [0.25, 0.3) is 0 Å². The Balaban J connectivity index is -0.0000000901. The molecule has 5 aromatic carbocycles. The number of aryl methyl sites for hydroxylation is 2. The van der Waals surface area contributed by atoms with Crippen LogP contribution in [-0.2, 0) is 70.6 Å². The van der Waals surface area contributed by atoms with Gasteiger partial charge in [-0.2, -0.15) is 0 Å². The van der Waals surface area contributed by atoms with Gasteiger partial charge in [0.05, 0.1) is 22.4 Å². The van der Waals surface area contributed by atoms with E-state index in [4.69, 9.17) is 0 Å². The fraction of sp³-hybridized carbons (Fsp3) is 0.333.